The zero-order chi connectivity index (χ0) is 24.1. The maximum absolute atomic E-state index is 12.8. The third-order valence-electron chi connectivity index (χ3n) is 5.41. The molecule has 176 valence electrons. The summed E-state index contributed by atoms with van der Waals surface area (Å²) in [5.74, 6) is 1.09. The molecule has 0 bridgehead atoms. The van der Waals surface area contributed by atoms with Crippen molar-refractivity contribution in [1.82, 2.24) is 9.97 Å². The number of anilines is 2. The molecule has 1 aliphatic rings. The van der Waals surface area contributed by atoms with Crippen molar-refractivity contribution in [3.8, 4) is 5.75 Å². The molecule has 2 heterocycles. The van der Waals surface area contributed by atoms with Crippen LogP contribution in [-0.4, -0.2) is 42.6 Å². The van der Waals surface area contributed by atoms with Gasteiger partial charge in [-0.2, -0.15) is 0 Å². The number of nitrogens with two attached hydrogens (primary N) is 2. The Morgan fingerprint density at radius 3 is 2.61 bits per heavy atom. The smallest absolute Gasteiger partial charge is 0.261 e. The molecule has 4 rings (SSSR count). The Kier molecular flexibility index (Phi) is 7.83. The fourth-order valence-corrected chi connectivity index (χ4v) is 4.73. The molecule has 0 spiro atoms. The van der Waals surface area contributed by atoms with E-state index in [1.165, 1.54) is 43.6 Å². The van der Waals surface area contributed by atoms with Crippen LogP contribution in [0.4, 0.5) is 10.8 Å². The van der Waals surface area contributed by atoms with Crippen molar-refractivity contribution in [2.24, 2.45) is 17.6 Å². The third-order valence-corrected chi connectivity index (χ3v) is 6.33. The van der Waals surface area contributed by atoms with Gasteiger partial charge in [0, 0.05) is 19.4 Å². The number of rotatable bonds is 6. The molecular weight excluding hydrogens is 442 g/mol. The number of fused-ring (bicyclic) bond motifs is 1. The molecule has 0 atom stereocenters. The number of aryl methyl sites for hydroxylation is 1. The molecular formula is C23H29N5O4S. The van der Waals surface area contributed by atoms with Crippen molar-refractivity contribution < 1.29 is 19.1 Å². The highest BCUT2D eigenvalue weighted by molar-refractivity contribution is 7.22. The van der Waals surface area contributed by atoms with Gasteiger partial charge in [0.15, 0.2) is 5.13 Å². The second-order valence-electron chi connectivity index (χ2n) is 8.13. The highest BCUT2D eigenvalue weighted by atomic mass is 32.1. The number of amides is 2. The average Bonchev–Trinajstić information content (AvgIpc) is 3.13. The van der Waals surface area contributed by atoms with Gasteiger partial charge < -0.3 is 26.3 Å². The Labute approximate surface area is 196 Å². The summed E-state index contributed by atoms with van der Waals surface area (Å²) >= 11 is 1.18. The van der Waals surface area contributed by atoms with E-state index in [4.69, 9.17) is 20.9 Å². The minimum Gasteiger partial charge on any atom is -0.496 e. The van der Waals surface area contributed by atoms with Crippen molar-refractivity contribution in [2.75, 3.05) is 31.9 Å². The highest BCUT2D eigenvalue weighted by Crippen LogP contribution is 2.34. The molecule has 2 aromatic heterocycles. The van der Waals surface area contributed by atoms with E-state index in [-0.39, 0.29) is 16.8 Å². The summed E-state index contributed by atoms with van der Waals surface area (Å²) in [5, 5.41) is 3.01. The number of hydrogen-bond acceptors (Lipinski definition) is 8. The van der Waals surface area contributed by atoms with Crippen LogP contribution in [0.2, 0.25) is 0 Å². The third kappa shape index (κ3) is 5.77. The van der Waals surface area contributed by atoms with Crippen molar-refractivity contribution in [3.63, 3.8) is 0 Å². The Balaban J connectivity index is 0.000000323. The molecule has 0 aliphatic heterocycles. The van der Waals surface area contributed by atoms with Gasteiger partial charge >= 0.3 is 0 Å². The number of nitrogens with zero attached hydrogens (tertiary/aromatic N) is 2. The first-order valence-electron chi connectivity index (χ1n) is 10.5. The fraction of sp³-hybridized carbons (Fsp3) is 0.391. The molecule has 0 unspecified atom stereocenters. The van der Waals surface area contributed by atoms with E-state index in [9.17, 15) is 9.59 Å². The van der Waals surface area contributed by atoms with Crippen molar-refractivity contribution >= 4 is 44.2 Å². The summed E-state index contributed by atoms with van der Waals surface area (Å²) in [6.07, 6.45) is 4.16. The molecule has 2 amide bonds. The monoisotopic (exact) mass is 471 g/mol. The zero-order valence-corrected chi connectivity index (χ0v) is 20.0. The van der Waals surface area contributed by atoms with Crippen LogP contribution >= 0.6 is 11.3 Å². The molecule has 10 heteroatoms. The molecule has 1 fully saturated rings. The van der Waals surface area contributed by atoms with E-state index < -0.39 is 11.8 Å². The van der Waals surface area contributed by atoms with Crippen molar-refractivity contribution in [3.05, 3.63) is 41.2 Å². The van der Waals surface area contributed by atoms with E-state index in [1.807, 2.05) is 0 Å². The number of benzene rings is 1. The van der Waals surface area contributed by atoms with Crippen LogP contribution in [0.25, 0.3) is 10.2 Å². The summed E-state index contributed by atoms with van der Waals surface area (Å²) in [5.41, 5.74) is 13.0. The van der Waals surface area contributed by atoms with Crippen molar-refractivity contribution in [2.45, 2.75) is 26.7 Å². The topological polar surface area (TPSA) is 142 Å². The van der Waals surface area contributed by atoms with Gasteiger partial charge in [-0.15, -0.1) is 0 Å². The highest BCUT2D eigenvalue weighted by Gasteiger charge is 2.24. The standard InChI is InChI=1S/C16H15N5O3S.C7H14O/c1-7-5-8(14(17)22)10(6-19-7)20-15(23)12-11(24-2)4-3-9-13(12)25-16(18)21-9;1-6-3-7(4-6)5-8-2/h3-6H,1-2H3,(H2,17,22)(H2,18,21)(H,20,23);6-7H,3-5H2,1-2H3. The van der Waals surface area contributed by atoms with Gasteiger partial charge in [-0.25, -0.2) is 4.98 Å². The van der Waals surface area contributed by atoms with Crippen LogP contribution < -0.4 is 21.5 Å². The Morgan fingerprint density at radius 1 is 1.27 bits per heavy atom. The lowest BCUT2D eigenvalue weighted by Gasteiger charge is -2.31. The second-order valence-corrected chi connectivity index (χ2v) is 9.16. The SMILES string of the molecule is COCC1CC(C)C1.COc1ccc2nc(N)sc2c1C(=O)Nc1cnc(C)cc1C(N)=O. The summed E-state index contributed by atoms with van der Waals surface area (Å²) in [7, 11) is 3.24. The Hall–Kier alpha value is -3.24. The lowest BCUT2D eigenvalue weighted by atomic mass is 9.77. The van der Waals surface area contributed by atoms with Gasteiger partial charge in [-0.05, 0) is 49.8 Å². The normalized spacial score (nSPS) is 17.0. The first kappa shape index (κ1) is 24.4. The van der Waals surface area contributed by atoms with Gasteiger partial charge in [0.2, 0.25) is 0 Å². The van der Waals surface area contributed by atoms with Crippen LogP contribution in [0.15, 0.2) is 24.4 Å². The number of methoxy groups -OCH3 is 2. The van der Waals surface area contributed by atoms with Crippen LogP contribution in [0.1, 0.15) is 46.2 Å². The number of nitrogen functional groups attached to an aromatic ring is 1. The molecule has 1 saturated carbocycles. The molecule has 0 radical (unpaired) electrons. The number of aromatic nitrogens is 2. The van der Waals surface area contributed by atoms with E-state index >= 15 is 0 Å². The number of nitrogens with one attached hydrogen (secondary N) is 1. The molecule has 33 heavy (non-hydrogen) atoms. The van der Waals surface area contributed by atoms with Gasteiger partial charge in [0.05, 0.1) is 34.8 Å². The number of carbonyl (C=O) groups is 2. The Morgan fingerprint density at radius 2 is 2.00 bits per heavy atom. The van der Waals surface area contributed by atoms with Gasteiger partial charge in [0.25, 0.3) is 11.8 Å². The zero-order valence-electron chi connectivity index (χ0n) is 19.2. The summed E-state index contributed by atoms with van der Waals surface area (Å²) < 4.78 is 10.9. The number of hydrogen-bond donors (Lipinski definition) is 3. The number of primary amides is 1. The fourth-order valence-electron chi connectivity index (χ4n) is 3.87. The quantitative estimate of drug-likeness (QED) is 0.498. The molecule has 0 saturated heterocycles. The van der Waals surface area contributed by atoms with Crippen LogP contribution in [0.3, 0.4) is 0 Å². The predicted octanol–water partition coefficient (Wildman–Crippen LogP) is 3.62. The van der Waals surface area contributed by atoms with E-state index in [1.54, 1.807) is 26.2 Å². The first-order valence-corrected chi connectivity index (χ1v) is 11.3. The lowest BCUT2D eigenvalue weighted by molar-refractivity contribution is 0.0805. The van der Waals surface area contributed by atoms with Gasteiger partial charge in [-0.1, -0.05) is 18.3 Å². The van der Waals surface area contributed by atoms with Gasteiger partial charge in [0.1, 0.15) is 11.3 Å². The van der Waals surface area contributed by atoms with E-state index in [2.05, 4.69) is 22.2 Å². The summed E-state index contributed by atoms with van der Waals surface area (Å²) in [6, 6.07) is 4.87. The van der Waals surface area contributed by atoms with Crippen LogP contribution in [0.5, 0.6) is 5.75 Å². The van der Waals surface area contributed by atoms with Crippen molar-refractivity contribution in [1.29, 1.82) is 0 Å². The molecule has 1 aromatic carbocycles. The molecule has 9 nitrogen and oxygen atoms in total. The summed E-state index contributed by atoms with van der Waals surface area (Å²) in [4.78, 5) is 32.7. The second kappa shape index (κ2) is 10.6. The van der Waals surface area contributed by atoms with Crippen LogP contribution in [-0.2, 0) is 4.74 Å². The maximum Gasteiger partial charge on any atom is 0.261 e. The largest absolute Gasteiger partial charge is 0.496 e. The minimum atomic E-state index is -0.659. The van der Waals surface area contributed by atoms with E-state index in [0.29, 0.717) is 26.8 Å². The number of thiazole rings is 1. The lowest BCUT2D eigenvalue weighted by Crippen LogP contribution is -2.24. The number of ether oxygens (including phenoxy) is 2. The maximum atomic E-state index is 12.8. The van der Waals surface area contributed by atoms with E-state index in [0.717, 1.165) is 18.4 Å². The average molecular weight is 472 g/mol. The number of pyridine rings is 1. The molecule has 1 aliphatic carbocycles. The molecule has 5 N–H and O–H groups in total. The van der Waals surface area contributed by atoms with Crippen LogP contribution in [0, 0.1) is 18.8 Å². The van der Waals surface area contributed by atoms with Gasteiger partial charge in [-0.3, -0.25) is 14.6 Å². The Bertz CT molecular complexity index is 1150. The number of carbonyl (C=O) groups excluding carboxylic acids is 2. The first-order chi connectivity index (χ1) is 15.7. The molecule has 3 aromatic rings. The minimum absolute atomic E-state index is 0.177. The summed E-state index contributed by atoms with van der Waals surface area (Å²) in [6.45, 7) is 5.00. The predicted molar refractivity (Wildman–Crippen MR) is 130 cm³/mol.